The van der Waals surface area contributed by atoms with Gasteiger partial charge in [-0.05, 0) is 24.8 Å². The van der Waals surface area contributed by atoms with Crippen LogP contribution >= 0.6 is 0 Å². The summed E-state index contributed by atoms with van der Waals surface area (Å²) in [5, 5.41) is 7.86. The molecule has 0 aliphatic carbocycles. The predicted octanol–water partition coefficient (Wildman–Crippen LogP) is 3.60. The number of rotatable bonds is 9. The molecule has 0 aliphatic heterocycles. The third kappa shape index (κ3) is 5.21. The Morgan fingerprint density at radius 3 is 2.72 bits per heavy atom. The van der Waals surface area contributed by atoms with Gasteiger partial charge in [0.1, 0.15) is 0 Å². The van der Waals surface area contributed by atoms with Crippen LogP contribution in [-0.4, -0.2) is 16.3 Å². The minimum atomic E-state index is 0.395. The summed E-state index contributed by atoms with van der Waals surface area (Å²) in [4.78, 5) is 0. The molecular weight excluding hydrogens is 222 g/mol. The van der Waals surface area contributed by atoms with E-state index in [-0.39, 0.29) is 0 Å². The van der Waals surface area contributed by atoms with E-state index in [0.29, 0.717) is 5.41 Å². The number of unbranched alkanes of at least 4 members (excludes halogenated alkanes) is 2. The first-order chi connectivity index (χ1) is 8.59. The molecule has 0 saturated heterocycles. The van der Waals surface area contributed by atoms with E-state index in [1.54, 1.807) is 0 Å². The summed E-state index contributed by atoms with van der Waals surface area (Å²) >= 11 is 0. The molecule has 18 heavy (non-hydrogen) atoms. The molecule has 0 amide bonds. The van der Waals surface area contributed by atoms with Gasteiger partial charge < -0.3 is 5.32 Å². The number of nitrogens with zero attached hydrogens (tertiary/aromatic N) is 2. The molecule has 0 spiro atoms. The summed E-state index contributed by atoms with van der Waals surface area (Å²) in [6.45, 7) is 12.0. The van der Waals surface area contributed by atoms with Gasteiger partial charge in [-0.1, -0.05) is 40.0 Å². The molecule has 0 fully saturated rings. The number of aryl methyl sites for hydroxylation is 1. The molecule has 1 heterocycles. The van der Waals surface area contributed by atoms with Crippen LogP contribution in [0.4, 0.5) is 0 Å². The highest BCUT2D eigenvalue weighted by atomic mass is 15.3. The highest BCUT2D eigenvalue weighted by Crippen LogP contribution is 2.22. The molecule has 1 aromatic rings. The van der Waals surface area contributed by atoms with Crippen LogP contribution in [0, 0.1) is 5.41 Å². The third-order valence-electron chi connectivity index (χ3n) is 3.47. The Kier molecular flexibility index (Phi) is 6.41. The van der Waals surface area contributed by atoms with E-state index in [4.69, 9.17) is 0 Å². The maximum atomic E-state index is 4.29. The van der Waals surface area contributed by atoms with Gasteiger partial charge in [-0.3, -0.25) is 4.68 Å². The summed E-state index contributed by atoms with van der Waals surface area (Å²) in [6, 6.07) is 2.10. The Labute approximate surface area is 112 Å². The molecule has 0 atom stereocenters. The topological polar surface area (TPSA) is 29.9 Å². The first kappa shape index (κ1) is 15.2. The minimum Gasteiger partial charge on any atom is -0.311 e. The zero-order valence-corrected chi connectivity index (χ0v) is 12.5. The Hall–Kier alpha value is -0.830. The van der Waals surface area contributed by atoms with Crippen molar-refractivity contribution in [3.63, 3.8) is 0 Å². The highest BCUT2D eigenvalue weighted by Gasteiger charge is 2.16. The largest absolute Gasteiger partial charge is 0.311 e. The monoisotopic (exact) mass is 251 g/mol. The minimum absolute atomic E-state index is 0.395. The van der Waals surface area contributed by atoms with Gasteiger partial charge in [0.15, 0.2) is 0 Å². The van der Waals surface area contributed by atoms with Gasteiger partial charge in [0.2, 0.25) is 0 Å². The quantitative estimate of drug-likeness (QED) is 0.680. The fourth-order valence-corrected chi connectivity index (χ4v) is 2.27. The zero-order valence-electron chi connectivity index (χ0n) is 12.5. The van der Waals surface area contributed by atoms with Gasteiger partial charge in [-0.2, -0.15) is 5.10 Å². The van der Waals surface area contributed by atoms with Crippen LogP contribution in [-0.2, 0) is 13.1 Å². The standard InChI is InChI=1S/C15H29N3/c1-5-7-8-10-15(3,4)13-16-12-14-9-11-17-18(14)6-2/h9,11,16H,5-8,10,12-13H2,1-4H3. The lowest BCUT2D eigenvalue weighted by molar-refractivity contribution is 0.300. The summed E-state index contributed by atoms with van der Waals surface area (Å²) in [6.07, 6.45) is 7.19. The van der Waals surface area contributed by atoms with E-state index in [0.717, 1.165) is 19.6 Å². The summed E-state index contributed by atoms with van der Waals surface area (Å²) in [5.74, 6) is 0. The lowest BCUT2D eigenvalue weighted by atomic mass is 9.87. The third-order valence-corrected chi connectivity index (χ3v) is 3.47. The van der Waals surface area contributed by atoms with Crippen molar-refractivity contribution in [2.24, 2.45) is 5.41 Å². The van der Waals surface area contributed by atoms with E-state index in [9.17, 15) is 0 Å². The van der Waals surface area contributed by atoms with Crippen LogP contribution < -0.4 is 5.32 Å². The van der Waals surface area contributed by atoms with Crippen LogP contribution in [0.15, 0.2) is 12.3 Å². The van der Waals surface area contributed by atoms with Gasteiger partial charge in [-0.15, -0.1) is 0 Å². The van der Waals surface area contributed by atoms with Crippen molar-refractivity contribution in [2.75, 3.05) is 6.54 Å². The molecule has 3 heteroatoms. The Morgan fingerprint density at radius 2 is 2.06 bits per heavy atom. The Morgan fingerprint density at radius 1 is 1.28 bits per heavy atom. The van der Waals surface area contributed by atoms with Crippen LogP contribution in [0.25, 0.3) is 0 Å². The first-order valence-electron chi connectivity index (χ1n) is 7.30. The van der Waals surface area contributed by atoms with Gasteiger partial charge in [0.25, 0.3) is 0 Å². The maximum absolute atomic E-state index is 4.29. The second-order valence-electron chi connectivity index (χ2n) is 5.86. The first-order valence-corrected chi connectivity index (χ1v) is 7.30. The molecule has 0 aromatic carbocycles. The molecule has 1 rings (SSSR count). The van der Waals surface area contributed by atoms with Crippen molar-refractivity contribution in [3.05, 3.63) is 18.0 Å². The van der Waals surface area contributed by atoms with Gasteiger partial charge in [0, 0.05) is 25.8 Å². The SMILES string of the molecule is CCCCCC(C)(C)CNCc1ccnn1CC. The summed E-state index contributed by atoms with van der Waals surface area (Å²) in [5.41, 5.74) is 1.67. The number of nitrogens with one attached hydrogen (secondary N) is 1. The second kappa shape index (κ2) is 7.57. The maximum Gasteiger partial charge on any atom is 0.0521 e. The number of aromatic nitrogens is 2. The highest BCUT2D eigenvalue weighted by molar-refractivity contribution is 4.99. The average Bonchev–Trinajstić information content (AvgIpc) is 2.76. The molecule has 0 bridgehead atoms. The molecular formula is C15H29N3. The second-order valence-corrected chi connectivity index (χ2v) is 5.86. The van der Waals surface area contributed by atoms with Crippen molar-refractivity contribution < 1.29 is 0 Å². The van der Waals surface area contributed by atoms with Gasteiger partial charge in [0.05, 0.1) is 5.69 Å². The number of hydrogen-bond acceptors (Lipinski definition) is 2. The van der Waals surface area contributed by atoms with E-state index in [1.165, 1.54) is 31.4 Å². The Bertz CT molecular complexity index is 328. The number of hydrogen-bond donors (Lipinski definition) is 1. The van der Waals surface area contributed by atoms with Crippen LogP contribution in [0.1, 0.15) is 59.1 Å². The summed E-state index contributed by atoms with van der Waals surface area (Å²) < 4.78 is 2.05. The fraction of sp³-hybridized carbons (Fsp3) is 0.800. The zero-order chi connectivity index (χ0) is 13.4. The normalized spacial score (nSPS) is 12.0. The van der Waals surface area contributed by atoms with E-state index >= 15 is 0 Å². The van der Waals surface area contributed by atoms with Gasteiger partial charge in [-0.25, -0.2) is 0 Å². The van der Waals surface area contributed by atoms with Gasteiger partial charge >= 0.3 is 0 Å². The smallest absolute Gasteiger partial charge is 0.0521 e. The molecule has 0 unspecified atom stereocenters. The summed E-state index contributed by atoms with van der Waals surface area (Å²) in [7, 11) is 0. The van der Waals surface area contributed by atoms with Crippen molar-refractivity contribution in [1.82, 2.24) is 15.1 Å². The Balaban J connectivity index is 2.27. The van der Waals surface area contributed by atoms with Crippen molar-refractivity contribution >= 4 is 0 Å². The molecule has 0 radical (unpaired) electrons. The van der Waals surface area contributed by atoms with Crippen molar-refractivity contribution in [3.8, 4) is 0 Å². The van der Waals surface area contributed by atoms with Crippen LogP contribution in [0.3, 0.4) is 0 Å². The van der Waals surface area contributed by atoms with E-state index < -0.39 is 0 Å². The molecule has 1 N–H and O–H groups in total. The lowest BCUT2D eigenvalue weighted by Crippen LogP contribution is -2.29. The van der Waals surface area contributed by atoms with Crippen molar-refractivity contribution in [2.45, 2.75) is 66.5 Å². The predicted molar refractivity (Wildman–Crippen MR) is 77.5 cm³/mol. The molecule has 104 valence electrons. The van der Waals surface area contributed by atoms with Crippen LogP contribution in [0.2, 0.25) is 0 Å². The molecule has 1 aromatic heterocycles. The fourth-order valence-electron chi connectivity index (χ4n) is 2.27. The van der Waals surface area contributed by atoms with E-state index in [2.05, 4.69) is 48.9 Å². The van der Waals surface area contributed by atoms with E-state index in [1.807, 2.05) is 6.20 Å². The van der Waals surface area contributed by atoms with Crippen molar-refractivity contribution in [1.29, 1.82) is 0 Å². The molecule has 0 aliphatic rings. The molecule has 0 saturated carbocycles. The average molecular weight is 251 g/mol. The van der Waals surface area contributed by atoms with Crippen LogP contribution in [0.5, 0.6) is 0 Å². The molecule has 3 nitrogen and oxygen atoms in total. The lowest BCUT2D eigenvalue weighted by Gasteiger charge is -2.25.